The smallest absolute Gasteiger partial charge is 0.0766 e. The van der Waals surface area contributed by atoms with E-state index in [1.165, 1.54) is 6.26 Å². The minimum Gasteiger partial charge on any atom is -0.505 e. The van der Waals surface area contributed by atoms with Gasteiger partial charge in [-0.25, -0.2) is 0 Å². The summed E-state index contributed by atoms with van der Waals surface area (Å²) < 4.78 is 4.31. The van der Waals surface area contributed by atoms with Crippen LogP contribution >= 0.6 is 0 Å². The summed E-state index contributed by atoms with van der Waals surface area (Å²) in [7, 11) is 1.56. The summed E-state index contributed by atoms with van der Waals surface area (Å²) in [5.41, 5.74) is 0. The lowest BCUT2D eigenvalue weighted by atomic mass is 10.8. The van der Waals surface area contributed by atoms with Gasteiger partial charge in [0.05, 0.1) is 26.6 Å². The van der Waals surface area contributed by atoms with E-state index in [1.807, 2.05) is 0 Å². The molecule has 0 aliphatic rings. The highest BCUT2D eigenvalue weighted by molar-refractivity contribution is 4.43. The van der Waals surface area contributed by atoms with Gasteiger partial charge in [-0.05, 0) is 0 Å². The van der Waals surface area contributed by atoms with E-state index in [4.69, 9.17) is 10.2 Å². The summed E-state index contributed by atoms with van der Waals surface area (Å²) >= 11 is 0. The SMILES string of the molecule is C=C.C=C.C=C.C=C.C=C.C=C.C=C.C=COC.OCCO. The molecule has 0 spiro atoms. The molecular weight excluding hydrogens is 276 g/mol. The molecule has 0 aromatic rings. The van der Waals surface area contributed by atoms with Gasteiger partial charge in [0.1, 0.15) is 0 Å². The molecule has 0 aromatic carbocycles. The van der Waals surface area contributed by atoms with E-state index < -0.39 is 0 Å². The zero-order chi connectivity index (χ0) is 20.8. The molecule has 0 aromatic heterocycles. The Bertz CT molecular complexity index is 85.2. The Labute approximate surface area is 141 Å². The highest BCUT2D eigenvalue weighted by Gasteiger charge is 1.58. The molecule has 2 N–H and O–H groups in total. The van der Waals surface area contributed by atoms with Crippen LogP contribution in [0.25, 0.3) is 0 Å². The first-order chi connectivity index (χ1) is 10.8. The third-order valence-electron chi connectivity index (χ3n) is 0.267. The lowest BCUT2D eigenvalue weighted by Gasteiger charge is -1.73. The molecule has 0 bridgehead atoms. The van der Waals surface area contributed by atoms with Crippen LogP contribution in [-0.4, -0.2) is 30.5 Å². The van der Waals surface area contributed by atoms with Crippen molar-refractivity contribution in [2.75, 3.05) is 20.3 Å². The maximum absolute atomic E-state index is 7.62. The van der Waals surface area contributed by atoms with Crippen molar-refractivity contribution < 1.29 is 14.9 Å². The van der Waals surface area contributed by atoms with Crippen LogP contribution in [0.4, 0.5) is 0 Å². The summed E-state index contributed by atoms with van der Waals surface area (Å²) in [5, 5.41) is 15.2. The molecule has 0 fully saturated rings. The molecule has 0 unspecified atom stereocenters. The quantitative estimate of drug-likeness (QED) is 0.532. The van der Waals surface area contributed by atoms with Crippen LogP contribution in [0, 0.1) is 0 Å². The topological polar surface area (TPSA) is 49.7 Å². The Morgan fingerprint density at radius 3 is 0.682 bits per heavy atom. The molecule has 0 saturated heterocycles. The number of rotatable bonds is 2. The third kappa shape index (κ3) is 37700. The van der Waals surface area contributed by atoms with Gasteiger partial charge >= 0.3 is 0 Å². The average molecular weight is 317 g/mol. The molecule has 0 heterocycles. The Kier molecular flexibility index (Phi) is 5910. The lowest BCUT2D eigenvalue weighted by molar-refractivity contribution is 0.186. The van der Waals surface area contributed by atoms with E-state index >= 15 is 0 Å². The fourth-order valence-corrected chi connectivity index (χ4v) is 0. The van der Waals surface area contributed by atoms with Gasteiger partial charge in [-0.2, -0.15) is 0 Å². The normalized spacial score (nSPS) is 3.59. The molecule has 22 heavy (non-hydrogen) atoms. The summed E-state index contributed by atoms with van der Waals surface area (Å²) in [4.78, 5) is 0. The van der Waals surface area contributed by atoms with E-state index in [1.54, 1.807) is 7.11 Å². The molecular formula is C19H40O3. The van der Waals surface area contributed by atoms with E-state index in [0.29, 0.717) is 0 Å². The molecule has 0 aliphatic carbocycles. The minimum absolute atomic E-state index is 0.125. The second-order valence-electron chi connectivity index (χ2n) is 0.850. The van der Waals surface area contributed by atoms with Crippen molar-refractivity contribution in [2.45, 2.75) is 0 Å². The number of hydrogen-bond acceptors (Lipinski definition) is 3. The van der Waals surface area contributed by atoms with Crippen molar-refractivity contribution in [1.82, 2.24) is 0 Å². The van der Waals surface area contributed by atoms with Crippen LogP contribution in [0.2, 0.25) is 0 Å². The summed E-state index contributed by atoms with van der Waals surface area (Å²) in [6.07, 6.45) is 1.38. The summed E-state index contributed by atoms with van der Waals surface area (Å²) in [6.45, 7) is 45.0. The number of aliphatic hydroxyl groups is 2. The maximum Gasteiger partial charge on any atom is 0.0766 e. The van der Waals surface area contributed by atoms with Gasteiger partial charge in [-0.15, -0.1) is 92.1 Å². The van der Waals surface area contributed by atoms with Crippen LogP contribution in [0.3, 0.4) is 0 Å². The first kappa shape index (κ1) is 60.3. The monoisotopic (exact) mass is 316 g/mol. The van der Waals surface area contributed by atoms with Gasteiger partial charge in [0, 0.05) is 0 Å². The van der Waals surface area contributed by atoms with Crippen molar-refractivity contribution >= 4 is 0 Å². The first-order valence-electron chi connectivity index (χ1n) is 5.68. The van der Waals surface area contributed by atoms with Gasteiger partial charge in [-0.3, -0.25) is 0 Å². The first-order valence-corrected chi connectivity index (χ1v) is 5.68. The molecule has 3 nitrogen and oxygen atoms in total. The molecule has 3 heteroatoms. The van der Waals surface area contributed by atoms with Crippen LogP contribution in [0.15, 0.2) is 105 Å². The number of methoxy groups -OCH3 is 1. The van der Waals surface area contributed by atoms with Crippen LogP contribution in [0.1, 0.15) is 0 Å². The second-order valence-corrected chi connectivity index (χ2v) is 0.850. The molecule has 0 aliphatic heterocycles. The highest BCUT2D eigenvalue weighted by atomic mass is 16.5. The van der Waals surface area contributed by atoms with Crippen molar-refractivity contribution in [3.8, 4) is 0 Å². The van der Waals surface area contributed by atoms with Crippen molar-refractivity contribution in [3.05, 3.63) is 105 Å². The van der Waals surface area contributed by atoms with Crippen molar-refractivity contribution in [2.24, 2.45) is 0 Å². The fraction of sp³-hybridized carbons (Fsp3) is 0.158. The van der Waals surface area contributed by atoms with Gasteiger partial charge in [0.15, 0.2) is 0 Å². The third-order valence-corrected chi connectivity index (χ3v) is 0.267. The maximum atomic E-state index is 7.62. The minimum atomic E-state index is -0.125. The van der Waals surface area contributed by atoms with Crippen molar-refractivity contribution in [1.29, 1.82) is 0 Å². The molecule has 0 rings (SSSR count). The number of hydrogen-bond donors (Lipinski definition) is 2. The zero-order valence-electron chi connectivity index (χ0n) is 14.9. The van der Waals surface area contributed by atoms with Crippen LogP contribution in [0.5, 0.6) is 0 Å². The zero-order valence-corrected chi connectivity index (χ0v) is 14.9. The predicted molar refractivity (Wildman–Crippen MR) is 110 cm³/mol. The van der Waals surface area contributed by atoms with Gasteiger partial charge in [-0.1, -0.05) is 6.58 Å². The highest BCUT2D eigenvalue weighted by Crippen LogP contribution is 1.52. The largest absolute Gasteiger partial charge is 0.505 e. The van der Waals surface area contributed by atoms with E-state index in [-0.39, 0.29) is 13.2 Å². The standard InChI is InChI=1S/C3H6O.C2H6O2.7C2H4/c1-3-4-2;3-1-2-4;7*1-2/h3H,1H2,2H3;3-4H,1-2H2;7*1-2H2. The molecule has 0 radical (unpaired) electrons. The van der Waals surface area contributed by atoms with Crippen molar-refractivity contribution in [3.63, 3.8) is 0 Å². The van der Waals surface area contributed by atoms with E-state index in [9.17, 15) is 0 Å². The fourth-order valence-electron chi connectivity index (χ4n) is 0. The lowest BCUT2D eigenvalue weighted by Crippen LogP contribution is -1.85. The van der Waals surface area contributed by atoms with Gasteiger partial charge in [0.25, 0.3) is 0 Å². The van der Waals surface area contributed by atoms with Crippen LogP contribution in [-0.2, 0) is 4.74 Å². The predicted octanol–water partition coefficient (Wildman–Crippen LogP) is 5.36. The van der Waals surface area contributed by atoms with Crippen LogP contribution < -0.4 is 0 Å². The summed E-state index contributed by atoms with van der Waals surface area (Å²) in [5.74, 6) is 0. The molecule has 0 atom stereocenters. The number of aliphatic hydroxyl groups excluding tert-OH is 2. The second kappa shape index (κ2) is 2160. The molecule has 134 valence electrons. The average Bonchev–Trinajstić information content (AvgIpc) is 2.72. The Hall–Kier alpha value is -2.36. The Morgan fingerprint density at radius 1 is 0.591 bits per heavy atom. The molecule has 0 amide bonds. The van der Waals surface area contributed by atoms with E-state index in [2.05, 4.69) is 103 Å². The van der Waals surface area contributed by atoms with Gasteiger partial charge < -0.3 is 14.9 Å². The Morgan fingerprint density at radius 2 is 0.682 bits per heavy atom. The Balaban J connectivity index is -0.0000000127. The summed E-state index contributed by atoms with van der Waals surface area (Å²) in [6, 6.07) is 0. The molecule has 0 saturated carbocycles. The number of ether oxygens (including phenoxy) is 1. The van der Waals surface area contributed by atoms with E-state index in [0.717, 1.165) is 0 Å². The van der Waals surface area contributed by atoms with Gasteiger partial charge in [0.2, 0.25) is 0 Å².